The molecule has 21 heavy (non-hydrogen) atoms. The monoisotopic (exact) mass is 291 g/mol. The molecular weight excluding hydrogens is 278 g/mol. The highest BCUT2D eigenvalue weighted by molar-refractivity contribution is 6.21. The van der Waals surface area contributed by atoms with Crippen LogP contribution in [0, 0.1) is 0 Å². The van der Waals surface area contributed by atoms with Crippen LogP contribution in [0.3, 0.4) is 0 Å². The Morgan fingerprint density at radius 3 is 2.43 bits per heavy atom. The molecule has 8 heteroatoms. The van der Waals surface area contributed by atoms with Crippen LogP contribution >= 0.6 is 0 Å². The maximum absolute atomic E-state index is 11.8. The number of amides is 4. The van der Waals surface area contributed by atoms with Gasteiger partial charge in [0.1, 0.15) is 6.04 Å². The van der Waals surface area contributed by atoms with E-state index in [0.29, 0.717) is 5.69 Å². The molecule has 1 unspecified atom stereocenters. The van der Waals surface area contributed by atoms with E-state index in [1.165, 1.54) is 32.2 Å². The first-order valence-electron chi connectivity index (χ1n) is 6.08. The summed E-state index contributed by atoms with van der Waals surface area (Å²) in [4.78, 5) is 46.7. The number of fused-ring (bicyclic) bond motifs is 1. The van der Waals surface area contributed by atoms with Crippen LogP contribution in [0.4, 0.5) is 10.5 Å². The number of carbonyl (C=O) groups excluding carboxylic acids is 3. The van der Waals surface area contributed by atoms with Crippen LogP contribution in [-0.2, 0) is 4.79 Å². The number of rotatable bonds is 3. The fraction of sp³-hybridized carbons (Fsp3) is 0.231. The van der Waals surface area contributed by atoms with Crippen molar-refractivity contribution in [3.05, 3.63) is 29.3 Å². The Kier molecular flexibility index (Phi) is 3.62. The second kappa shape index (κ2) is 5.23. The number of nitrogens with zero attached hydrogens (tertiary/aromatic N) is 1. The van der Waals surface area contributed by atoms with E-state index >= 15 is 0 Å². The third-order valence-corrected chi connectivity index (χ3v) is 3.07. The van der Waals surface area contributed by atoms with E-state index in [1.807, 2.05) is 0 Å². The quantitative estimate of drug-likeness (QED) is 0.701. The number of benzene rings is 1. The molecule has 8 nitrogen and oxygen atoms in total. The molecule has 1 aliphatic rings. The van der Waals surface area contributed by atoms with Crippen LogP contribution in [0.15, 0.2) is 18.2 Å². The molecule has 0 saturated carbocycles. The number of hydrogen-bond acceptors (Lipinski definition) is 4. The summed E-state index contributed by atoms with van der Waals surface area (Å²) >= 11 is 0. The second-order valence-corrected chi connectivity index (χ2v) is 4.59. The molecule has 0 fully saturated rings. The van der Waals surface area contributed by atoms with Crippen LogP contribution < -0.4 is 10.6 Å². The smallest absolute Gasteiger partial charge is 0.325 e. The predicted molar refractivity (Wildman–Crippen MR) is 72.1 cm³/mol. The maximum atomic E-state index is 11.8. The van der Waals surface area contributed by atoms with E-state index < -0.39 is 29.9 Å². The van der Waals surface area contributed by atoms with Gasteiger partial charge in [-0.3, -0.25) is 19.3 Å². The Balaban J connectivity index is 2.14. The minimum Gasteiger partial charge on any atom is -0.480 e. The normalized spacial score (nSPS) is 14.7. The Bertz CT molecular complexity index is 655. The van der Waals surface area contributed by atoms with Gasteiger partial charge in [-0.15, -0.1) is 0 Å². The summed E-state index contributed by atoms with van der Waals surface area (Å²) < 4.78 is 0. The van der Waals surface area contributed by atoms with Crippen molar-refractivity contribution in [2.75, 3.05) is 12.4 Å². The standard InChI is InChI=1S/C13H13N3O5/c1-6(12(19)20)14-13(21)15-7-3-4-8-9(5-7)11(18)16(2)10(8)17/h3-6H,1-2H3,(H,19,20)(H2,14,15,21). The molecule has 2 rings (SSSR count). The zero-order valence-electron chi connectivity index (χ0n) is 11.3. The summed E-state index contributed by atoms with van der Waals surface area (Å²) in [5.74, 6) is -2.01. The summed E-state index contributed by atoms with van der Waals surface area (Å²) in [6.45, 7) is 1.32. The minimum atomic E-state index is -1.17. The van der Waals surface area contributed by atoms with Crippen molar-refractivity contribution < 1.29 is 24.3 Å². The minimum absolute atomic E-state index is 0.201. The Hall–Kier alpha value is -2.90. The zero-order chi connectivity index (χ0) is 15.7. The molecule has 0 aliphatic carbocycles. The van der Waals surface area contributed by atoms with E-state index in [1.54, 1.807) is 0 Å². The molecule has 0 radical (unpaired) electrons. The summed E-state index contributed by atoms with van der Waals surface area (Å²) in [5.41, 5.74) is 0.763. The molecule has 4 amide bonds. The van der Waals surface area contributed by atoms with Crippen LogP contribution in [0.5, 0.6) is 0 Å². The highest BCUT2D eigenvalue weighted by Gasteiger charge is 2.32. The maximum Gasteiger partial charge on any atom is 0.325 e. The lowest BCUT2D eigenvalue weighted by atomic mass is 10.1. The molecular formula is C13H13N3O5. The van der Waals surface area contributed by atoms with Gasteiger partial charge < -0.3 is 15.7 Å². The van der Waals surface area contributed by atoms with Gasteiger partial charge in [-0.05, 0) is 25.1 Å². The number of nitrogens with one attached hydrogen (secondary N) is 2. The second-order valence-electron chi connectivity index (χ2n) is 4.59. The van der Waals surface area contributed by atoms with Crippen LogP contribution in [0.2, 0.25) is 0 Å². The molecule has 1 heterocycles. The van der Waals surface area contributed by atoms with E-state index in [2.05, 4.69) is 10.6 Å². The lowest BCUT2D eigenvalue weighted by Gasteiger charge is -2.11. The highest BCUT2D eigenvalue weighted by atomic mass is 16.4. The predicted octanol–water partition coefficient (Wildman–Crippen LogP) is 0.507. The van der Waals surface area contributed by atoms with Crippen LogP contribution in [-0.4, -0.2) is 46.9 Å². The van der Waals surface area contributed by atoms with Crippen molar-refractivity contribution in [1.82, 2.24) is 10.2 Å². The van der Waals surface area contributed by atoms with E-state index in [0.717, 1.165) is 4.90 Å². The topological polar surface area (TPSA) is 116 Å². The molecule has 0 aromatic heterocycles. The number of imide groups is 1. The van der Waals surface area contributed by atoms with Crippen LogP contribution in [0.25, 0.3) is 0 Å². The molecule has 0 spiro atoms. The fourth-order valence-electron chi connectivity index (χ4n) is 1.86. The molecule has 110 valence electrons. The molecule has 1 aromatic carbocycles. The number of carbonyl (C=O) groups is 4. The number of aliphatic carboxylic acids is 1. The number of hydrogen-bond donors (Lipinski definition) is 3. The zero-order valence-corrected chi connectivity index (χ0v) is 11.3. The summed E-state index contributed by atoms with van der Waals surface area (Å²) in [7, 11) is 1.37. The van der Waals surface area contributed by atoms with Crippen molar-refractivity contribution >= 4 is 29.5 Å². The molecule has 0 bridgehead atoms. The highest BCUT2D eigenvalue weighted by Crippen LogP contribution is 2.24. The van der Waals surface area contributed by atoms with Crippen molar-refractivity contribution in [2.45, 2.75) is 13.0 Å². The van der Waals surface area contributed by atoms with Gasteiger partial charge in [-0.25, -0.2) is 4.79 Å². The fourth-order valence-corrected chi connectivity index (χ4v) is 1.86. The van der Waals surface area contributed by atoms with Gasteiger partial charge >= 0.3 is 12.0 Å². The third kappa shape index (κ3) is 2.69. The van der Waals surface area contributed by atoms with Gasteiger partial charge in [0, 0.05) is 12.7 Å². The first-order valence-corrected chi connectivity index (χ1v) is 6.08. The van der Waals surface area contributed by atoms with E-state index in [4.69, 9.17) is 5.11 Å². The average Bonchev–Trinajstić information content (AvgIpc) is 2.63. The first kappa shape index (κ1) is 14.5. The van der Waals surface area contributed by atoms with Gasteiger partial charge in [-0.1, -0.05) is 0 Å². The van der Waals surface area contributed by atoms with Crippen molar-refractivity contribution in [3.63, 3.8) is 0 Å². The third-order valence-electron chi connectivity index (χ3n) is 3.07. The summed E-state index contributed by atoms with van der Waals surface area (Å²) in [6, 6.07) is 2.52. The van der Waals surface area contributed by atoms with Crippen molar-refractivity contribution in [2.24, 2.45) is 0 Å². The van der Waals surface area contributed by atoms with Gasteiger partial charge in [0.15, 0.2) is 0 Å². The number of anilines is 1. The molecule has 1 atom stereocenters. The molecule has 0 saturated heterocycles. The number of carboxylic acids is 1. The number of carboxylic acid groups (broad SMARTS) is 1. The SMILES string of the molecule is CC(NC(=O)Nc1ccc2c(c1)C(=O)N(C)C2=O)C(=O)O. The lowest BCUT2D eigenvalue weighted by Crippen LogP contribution is -2.40. The molecule has 1 aromatic rings. The van der Waals surface area contributed by atoms with E-state index in [-0.39, 0.29) is 11.1 Å². The molecule has 1 aliphatic heterocycles. The Morgan fingerprint density at radius 2 is 1.81 bits per heavy atom. The largest absolute Gasteiger partial charge is 0.480 e. The van der Waals surface area contributed by atoms with Crippen molar-refractivity contribution in [3.8, 4) is 0 Å². The summed E-state index contributed by atoms with van der Waals surface area (Å²) in [6.07, 6.45) is 0. The van der Waals surface area contributed by atoms with E-state index in [9.17, 15) is 19.2 Å². The summed E-state index contributed by atoms with van der Waals surface area (Å²) in [5, 5.41) is 13.3. The van der Waals surface area contributed by atoms with Gasteiger partial charge in [0.05, 0.1) is 11.1 Å². The number of urea groups is 1. The van der Waals surface area contributed by atoms with Gasteiger partial charge in [0.2, 0.25) is 0 Å². The average molecular weight is 291 g/mol. The van der Waals surface area contributed by atoms with Crippen molar-refractivity contribution in [1.29, 1.82) is 0 Å². The molecule has 3 N–H and O–H groups in total. The van der Waals surface area contributed by atoms with Gasteiger partial charge in [0.25, 0.3) is 11.8 Å². The van der Waals surface area contributed by atoms with Gasteiger partial charge in [-0.2, -0.15) is 0 Å². The Morgan fingerprint density at radius 1 is 1.19 bits per heavy atom. The Labute approximate surface area is 119 Å². The first-order chi connectivity index (χ1) is 9.81. The lowest BCUT2D eigenvalue weighted by molar-refractivity contribution is -0.138. The van der Waals surface area contributed by atoms with Crippen LogP contribution in [0.1, 0.15) is 27.6 Å².